The maximum absolute atomic E-state index is 9.65. The van der Waals surface area contributed by atoms with E-state index in [1.54, 1.807) is 0 Å². The summed E-state index contributed by atoms with van der Waals surface area (Å²) in [5, 5.41) is 0. The molecule has 0 bridgehead atoms. The molecule has 0 fully saturated rings. The third-order valence-electron chi connectivity index (χ3n) is 0.398. The van der Waals surface area contributed by atoms with Crippen LogP contribution in [-0.2, 0) is 9.36 Å². The van der Waals surface area contributed by atoms with E-state index in [-0.39, 0.29) is 59.1 Å². The molecule has 0 N–H and O–H groups in total. The van der Waals surface area contributed by atoms with Gasteiger partial charge in [0.05, 0.1) is 0 Å². The Balaban J connectivity index is -0.000000245. The average Bonchev–Trinajstić information content (AvgIpc) is 1.59. The Morgan fingerprint density at radius 1 is 1.40 bits per heavy atom. The van der Waals surface area contributed by atoms with E-state index in [1.807, 2.05) is 0 Å². The van der Waals surface area contributed by atoms with Crippen molar-refractivity contribution in [2.75, 3.05) is 6.16 Å². The van der Waals surface area contributed by atoms with Gasteiger partial charge in [0.25, 0.3) is 0 Å². The Labute approximate surface area is 103 Å². The predicted molar refractivity (Wildman–Crippen MR) is 22.7 cm³/mol. The molecule has 0 unspecified atom stereocenters. The summed E-state index contributed by atoms with van der Waals surface area (Å²) in [7, 11) is -4.50. The van der Waals surface area contributed by atoms with Gasteiger partial charge >= 0.3 is 59.1 Å². The summed E-state index contributed by atoms with van der Waals surface area (Å²) in [4.78, 5) is 28.6. The first-order valence-corrected chi connectivity index (χ1v) is 3.49. The molecule has 0 aromatic heterocycles. The zero-order chi connectivity index (χ0) is 6.62. The molecule has 0 aliphatic carbocycles. The van der Waals surface area contributed by atoms with E-state index in [4.69, 9.17) is 0 Å². The molecule has 0 aliphatic heterocycles. The second kappa shape index (κ2) is 8.69. The molecule has 7 heteroatoms. The van der Waals surface area contributed by atoms with Crippen LogP contribution >= 0.6 is 7.60 Å². The van der Waals surface area contributed by atoms with Crippen molar-refractivity contribution in [2.24, 2.45) is 0 Å². The van der Waals surface area contributed by atoms with Gasteiger partial charge in [-0.1, -0.05) is 7.60 Å². The first-order valence-electron chi connectivity index (χ1n) is 1.76. The fourth-order valence-electron chi connectivity index (χ4n) is 0.149. The van der Waals surface area contributed by atoms with E-state index in [9.17, 15) is 19.1 Å². The van der Waals surface area contributed by atoms with Crippen LogP contribution in [0, 0.1) is 0 Å². The van der Waals surface area contributed by atoms with Gasteiger partial charge in [0, 0.05) is 12.2 Å². The van der Waals surface area contributed by atoms with Crippen LogP contribution in [0.25, 0.3) is 0 Å². The molecule has 0 heterocycles. The molecule has 0 radical (unpaired) electrons. The van der Waals surface area contributed by atoms with Crippen molar-refractivity contribution < 1.29 is 78.3 Å². The van der Waals surface area contributed by atoms with Crippen LogP contribution in [0.5, 0.6) is 0 Å². The van der Waals surface area contributed by atoms with Gasteiger partial charge in [-0.05, 0) is 0 Å². The van der Waals surface area contributed by atoms with Crippen molar-refractivity contribution in [3.63, 3.8) is 0 Å². The first-order chi connectivity index (χ1) is 3.56. The average molecular weight is 180 g/mol. The van der Waals surface area contributed by atoms with Crippen LogP contribution in [0.1, 0.15) is 0 Å². The van der Waals surface area contributed by atoms with Crippen LogP contribution < -0.4 is 68.9 Å². The Morgan fingerprint density at radius 3 is 1.90 bits per heavy atom. The van der Waals surface area contributed by atoms with Gasteiger partial charge in [0.2, 0.25) is 0 Å². The number of hydrogen-bond acceptors (Lipinski definition) is 4. The number of hydrogen-bond donors (Lipinski definition) is 0. The fourth-order valence-corrected chi connectivity index (χ4v) is 0.447. The smallest absolute Gasteiger partial charge is 0.810 e. The molecular weight excluding hydrogens is 177 g/mol. The second-order valence-electron chi connectivity index (χ2n) is 1.12. The van der Waals surface area contributed by atoms with Crippen molar-refractivity contribution in [3.05, 3.63) is 6.08 Å². The van der Waals surface area contributed by atoms with Crippen molar-refractivity contribution in [1.82, 2.24) is 0 Å². The molecule has 4 nitrogen and oxygen atoms in total. The third-order valence-corrected chi connectivity index (χ3v) is 1.03. The fraction of sp³-hybridized carbons (Fsp3) is 0.333. The third kappa shape index (κ3) is 16.3. The second-order valence-corrected chi connectivity index (χ2v) is 2.70. The van der Waals surface area contributed by atoms with E-state index in [0.717, 1.165) is 0 Å². The van der Waals surface area contributed by atoms with E-state index in [1.165, 1.54) is 5.94 Å². The molecule has 0 aromatic rings. The number of allylic oxidation sites excluding steroid dienone is 1. The van der Waals surface area contributed by atoms with Gasteiger partial charge in [-0.2, -0.15) is 0 Å². The van der Waals surface area contributed by atoms with Crippen LogP contribution in [0.4, 0.5) is 0 Å². The maximum Gasteiger partial charge on any atom is 1.00 e. The summed E-state index contributed by atoms with van der Waals surface area (Å²) in [5.74, 6) is 1.18. The minimum atomic E-state index is -4.50. The number of carbonyl (C=O) groups excluding carboxylic acids is 1. The summed E-state index contributed by atoms with van der Waals surface area (Å²) in [6, 6.07) is 0. The Hall–Kier alpha value is 1.60. The summed E-state index contributed by atoms with van der Waals surface area (Å²) in [6.45, 7) is 0. The molecule has 46 valence electrons. The van der Waals surface area contributed by atoms with Gasteiger partial charge < -0.3 is 14.4 Å². The van der Waals surface area contributed by atoms with Gasteiger partial charge in [0.1, 0.15) is 5.94 Å². The number of rotatable bonds is 2. The Bertz CT molecular complexity index is 158. The molecule has 0 amide bonds. The van der Waals surface area contributed by atoms with Crippen molar-refractivity contribution in [2.45, 2.75) is 0 Å². The van der Waals surface area contributed by atoms with Gasteiger partial charge in [-0.25, -0.2) is 4.79 Å². The Morgan fingerprint density at radius 2 is 1.80 bits per heavy atom. The van der Waals surface area contributed by atoms with Crippen LogP contribution in [-0.4, -0.2) is 12.1 Å². The predicted octanol–water partition coefficient (Wildman–Crippen LogP) is -7.70. The first kappa shape index (κ1) is 17.6. The van der Waals surface area contributed by atoms with Crippen molar-refractivity contribution >= 4 is 13.5 Å². The van der Waals surface area contributed by atoms with Crippen LogP contribution in [0.3, 0.4) is 0 Å². The normalized spacial score (nSPS) is 8.20. The molecule has 0 spiro atoms. The van der Waals surface area contributed by atoms with E-state index >= 15 is 0 Å². The van der Waals surface area contributed by atoms with E-state index in [2.05, 4.69) is 0 Å². The standard InChI is InChI=1S/C3H5O4P.2Na/c4-2-1-3-8(5,6)7;;/h1H,3H2,(H2,5,6,7);;/q;2*+1/p-2. The summed E-state index contributed by atoms with van der Waals surface area (Å²) >= 11 is 0. The molecule has 0 atom stereocenters. The summed E-state index contributed by atoms with van der Waals surface area (Å²) < 4.78 is 9.65. The van der Waals surface area contributed by atoms with Gasteiger partial charge in [-0.15, -0.1) is 0 Å². The SMILES string of the molecule is O=C=CCP(=O)([O-])[O-].[Na+].[Na+]. The van der Waals surface area contributed by atoms with Crippen molar-refractivity contribution in [3.8, 4) is 0 Å². The maximum atomic E-state index is 9.65. The molecule has 0 saturated carbocycles. The monoisotopic (exact) mass is 180 g/mol. The van der Waals surface area contributed by atoms with E-state index in [0.29, 0.717) is 6.08 Å². The molecule has 10 heavy (non-hydrogen) atoms. The minimum Gasteiger partial charge on any atom is -0.810 e. The zero-order valence-electron chi connectivity index (χ0n) is 5.86. The minimum absolute atomic E-state index is 0. The summed E-state index contributed by atoms with van der Waals surface area (Å²) in [6.07, 6.45) is -0.0999. The van der Waals surface area contributed by atoms with Crippen LogP contribution in [0.2, 0.25) is 0 Å². The summed E-state index contributed by atoms with van der Waals surface area (Å²) in [5.41, 5.74) is 0. The topological polar surface area (TPSA) is 80.3 Å². The zero-order valence-corrected chi connectivity index (χ0v) is 10.8. The van der Waals surface area contributed by atoms with E-state index < -0.39 is 13.8 Å². The van der Waals surface area contributed by atoms with Gasteiger partial charge in [0.15, 0.2) is 0 Å². The molecule has 0 saturated heterocycles. The molecule has 0 aliphatic rings. The van der Waals surface area contributed by atoms with Gasteiger partial charge in [-0.3, -0.25) is 0 Å². The largest absolute Gasteiger partial charge is 1.00 e. The van der Waals surface area contributed by atoms with Crippen LogP contribution in [0.15, 0.2) is 6.08 Å². The quantitative estimate of drug-likeness (QED) is 0.240. The Kier molecular flexibility index (Phi) is 15.3. The van der Waals surface area contributed by atoms with Crippen molar-refractivity contribution in [1.29, 1.82) is 0 Å². The molecular formula is C3H3Na2O4P. The molecule has 0 aromatic carbocycles. The molecule has 0 rings (SSSR count).